The molecule has 4 rings (SSSR count). The predicted octanol–water partition coefficient (Wildman–Crippen LogP) is 5.48. The van der Waals surface area contributed by atoms with Gasteiger partial charge in [-0.15, -0.1) is 11.3 Å². The van der Waals surface area contributed by atoms with E-state index in [9.17, 15) is 17.6 Å². The number of halogens is 2. The third-order valence-electron chi connectivity index (χ3n) is 5.56. The van der Waals surface area contributed by atoms with E-state index < -0.39 is 28.3 Å². The lowest BCUT2D eigenvalue weighted by Crippen LogP contribution is -2.37. The number of nitrogens with one attached hydrogen (secondary N) is 2. The number of sulfonamides is 1. The van der Waals surface area contributed by atoms with Crippen LogP contribution in [0.3, 0.4) is 0 Å². The number of ether oxygens (including phenoxy) is 1. The summed E-state index contributed by atoms with van der Waals surface area (Å²) in [5, 5.41) is 8.67. The Morgan fingerprint density at radius 1 is 1.13 bits per heavy atom. The number of hydrogen-bond donors (Lipinski definition) is 2. The highest BCUT2D eigenvalue weighted by atomic mass is 35.5. The van der Waals surface area contributed by atoms with Gasteiger partial charge < -0.3 is 15.4 Å². The van der Waals surface area contributed by atoms with Crippen molar-refractivity contribution >= 4 is 49.7 Å². The first-order chi connectivity index (χ1) is 18.2. The lowest BCUT2D eigenvalue weighted by atomic mass is 10.1. The molecular formula is C26H24ClFN4O4S2. The van der Waals surface area contributed by atoms with Crippen LogP contribution in [0.4, 0.5) is 15.2 Å². The van der Waals surface area contributed by atoms with Gasteiger partial charge in [-0.2, -0.15) is 4.31 Å². The molecule has 1 amide bonds. The van der Waals surface area contributed by atoms with Crippen molar-refractivity contribution in [3.05, 3.63) is 88.5 Å². The number of hydrogen-bond acceptors (Lipinski definition) is 7. The van der Waals surface area contributed by atoms with E-state index >= 15 is 0 Å². The van der Waals surface area contributed by atoms with Gasteiger partial charge in [0.25, 0.3) is 0 Å². The van der Waals surface area contributed by atoms with Crippen molar-refractivity contribution in [2.75, 3.05) is 31.3 Å². The Balaban J connectivity index is 1.63. The van der Waals surface area contributed by atoms with E-state index in [0.717, 1.165) is 15.0 Å². The monoisotopic (exact) mass is 574 g/mol. The number of thiazole rings is 1. The van der Waals surface area contributed by atoms with Crippen LogP contribution >= 0.6 is 22.9 Å². The maximum Gasteiger partial charge on any atom is 0.243 e. The van der Waals surface area contributed by atoms with Gasteiger partial charge in [-0.1, -0.05) is 29.8 Å². The van der Waals surface area contributed by atoms with Gasteiger partial charge in [0.2, 0.25) is 15.9 Å². The number of anilines is 2. The van der Waals surface area contributed by atoms with Crippen LogP contribution in [-0.2, 0) is 21.4 Å². The Morgan fingerprint density at radius 2 is 1.87 bits per heavy atom. The number of rotatable bonds is 10. The lowest BCUT2D eigenvalue weighted by molar-refractivity contribution is -0.116. The Kier molecular flexibility index (Phi) is 8.62. The molecule has 38 heavy (non-hydrogen) atoms. The molecule has 0 spiro atoms. The largest absolute Gasteiger partial charge is 0.495 e. The molecule has 1 heterocycles. The third kappa shape index (κ3) is 6.30. The molecule has 0 fully saturated rings. The van der Waals surface area contributed by atoms with Crippen molar-refractivity contribution in [2.45, 2.75) is 11.4 Å². The smallest absolute Gasteiger partial charge is 0.243 e. The number of benzene rings is 3. The Labute approximate surface area is 229 Å². The molecule has 198 valence electrons. The molecule has 2 N–H and O–H groups in total. The van der Waals surface area contributed by atoms with Crippen LogP contribution in [0.1, 0.15) is 5.56 Å². The van der Waals surface area contributed by atoms with Crippen LogP contribution in [0.15, 0.2) is 77.0 Å². The molecule has 0 saturated carbocycles. The van der Waals surface area contributed by atoms with Crippen molar-refractivity contribution in [1.29, 1.82) is 0 Å². The minimum absolute atomic E-state index is 0.0745. The Hall–Kier alpha value is -3.51. The summed E-state index contributed by atoms with van der Waals surface area (Å²) in [6.45, 7) is -0.929. The third-order valence-corrected chi connectivity index (χ3v) is 8.48. The van der Waals surface area contributed by atoms with Crippen LogP contribution in [-0.4, -0.2) is 44.3 Å². The molecular weight excluding hydrogens is 551 g/mol. The van der Waals surface area contributed by atoms with Gasteiger partial charge in [-0.3, -0.25) is 4.79 Å². The van der Waals surface area contributed by atoms with E-state index in [4.69, 9.17) is 16.3 Å². The molecule has 3 aromatic carbocycles. The van der Waals surface area contributed by atoms with Crippen molar-refractivity contribution in [1.82, 2.24) is 9.29 Å². The van der Waals surface area contributed by atoms with Crippen molar-refractivity contribution < 1.29 is 22.3 Å². The standard InChI is InChI=1S/C26H24ClFN4O4S2/c1-29-26-31-23(16-37-26)17-7-12-24(36-2)22(13-17)30-25(33)15-32(14-18-5-3-4-6-21(18)28)38(34,35)20-10-8-19(27)9-11-20/h3-13,16H,14-15H2,1-2H3,(H,29,31)(H,30,33). The summed E-state index contributed by atoms with van der Waals surface area (Å²) in [4.78, 5) is 17.6. The minimum Gasteiger partial charge on any atom is -0.495 e. The average molecular weight is 575 g/mol. The van der Waals surface area contributed by atoms with Crippen LogP contribution in [0, 0.1) is 5.82 Å². The maximum absolute atomic E-state index is 14.4. The van der Waals surface area contributed by atoms with Gasteiger partial charge in [-0.05, 0) is 48.5 Å². The van der Waals surface area contributed by atoms with Gasteiger partial charge in [-0.25, -0.2) is 17.8 Å². The molecule has 0 saturated heterocycles. The second kappa shape index (κ2) is 11.9. The van der Waals surface area contributed by atoms with Crippen molar-refractivity contribution in [3.8, 4) is 17.0 Å². The van der Waals surface area contributed by atoms with Gasteiger partial charge in [0, 0.05) is 35.1 Å². The van der Waals surface area contributed by atoms with E-state index in [-0.39, 0.29) is 17.0 Å². The Morgan fingerprint density at radius 3 is 2.53 bits per heavy atom. The van der Waals surface area contributed by atoms with E-state index in [1.807, 2.05) is 5.38 Å². The maximum atomic E-state index is 14.4. The molecule has 0 aliphatic heterocycles. The number of amides is 1. The fraction of sp³-hybridized carbons (Fsp3) is 0.154. The molecule has 12 heteroatoms. The minimum atomic E-state index is -4.19. The summed E-state index contributed by atoms with van der Waals surface area (Å²) >= 11 is 7.35. The van der Waals surface area contributed by atoms with Gasteiger partial charge >= 0.3 is 0 Å². The first-order valence-corrected chi connectivity index (χ1v) is 14.0. The lowest BCUT2D eigenvalue weighted by Gasteiger charge is -2.22. The summed E-state index contributed by atoms with van der Waals surface area (Å²) < 4.78 is 47.7. The SMILES string of the molecule is CNc1nc(-c2ccc(OC)c(NC(=O)CN(Cc3ccccc3F)S(=O)(=O)c3ccc(Cl)cc3)c2)cs1. The summed E-state index contributed by atoms with van der Waals surface area (Å²) in [7, 11) is -0.955. The number of methoxy groups -OCH3 is 1. The quantitative estimate of drug-likeness (QED) is 0.260. The van der Waals surface area contributed by atoms with Gasteiger partial charge in [0.05, 0.1) is 29.9 Å². The van der Waals surface area contributed by atoms with Crippen molar-refractivity contribution in [3.63, 3.8) is 0 Å². The highest BCUT2D eigenvalue weighted by Gasteiger charge is 2.28. The van der Waals surface area contributed by atoms with Gasteiger partial charge in [0.15, 0.2) is 5.13 Å². The highest BCUT2D eigenvalue weighted by Crippen LogP contribution is 2.32. The summed E-state index contributed by atoms with van der Waals surface area (Å²) in [5.74, 6) is -0.835. The molecule has 8 nitrogen and oxygen atoms in total. The summed E-state index contributed by atoms with van der Waals surface area (Å²) in [6, 6.07) is 16.5. The molecule has 0 atom stereocenters. The van der Waals surface area contributed by atoms with Gasteiger partial charge in [0.1, 0.15) is 11.6 Å². The molecule has 0 radical (unpaired) electrons. The summed E-state index contributed by atoms with van der Waals surface area (Å²) in [5.41, 5.74) is 1.89. The van der Waals surface area contributed by atoms with Crippen molar-refractivity contribution in [2.24, 2.45) is 0 Å². The van der Waals surface area contributed by atoms with Crippen LogP contribution in [0.2, 0.25) is 5.02 Å². The number of nitrogens with zero attached hydrogens (tertiary/aromatic N) is 2. The summed E-state index contributed by atoms with van der Waals surface area (Å²) in [6.07, 6.45) is 0. The molecule has 0 aliphatic carbocycles. The second-order valence-corrected chi connectivity index (χ2v) is 11.3. The molecule has 0 unspecified atom stereocenters. The average Bonchev–Trinajstić information content (AvgIpc) is 3.39. The van der Waals surface area contributed by atoms with E-state index in [1.165, 1.54) is 60.9 Å². The zero-order chi connectivity index (χ0) is 27.3. The van der Waals surface area contributed by atoms with E-state index in [0.29, 0.717) is 22.2 Å². The number of carbonyl (C=O) groups is 1. The predicted molar refractivity (Wildman–Crippen MR) is 148 cm³/mol. The zero-order valence-corrected chi connectivity index (χ0v) is 22.8. The first kappa shape index (κ1) is 27.5. The van der Waals surface area contributed by atoms with E-state index in [1.54, 1.807) is 31.3 Å². The number of aromatic nitrogens is 1. The first-order valence-electron chi connectivity index (χ1n) is 11.3. The topological polar surface area (TPSA) is 101 Å². The van der Waals surface area contributed by atoms with Crippen LogP contribution in [0.5, 0.6) is 5.75 Å². The highest BCUT2D eigenvalue weighted by molar-refractivity contribution is 7.89. The second-order valence-electron chi connectivity index (χ2n) is 8.07. The van der Waals surface area contributed by atoms with E-state index in [2.05, 4.69) is 15.6 Å². The fourth-order valence-electron chi connectivity index (χ4n) is 3.63. The molecule has 1 aromatic heterocycles. The zero-order valence-electron chi connectivity index (χ0n) is 20.4. The van der Waals surface area contributed by atoms with Crippen LogP contribution < -0.4 is 15.4 Å². The number of carbonyl (C=O) groups excluding carboxylic acids is 1. The normalized spacial score (nSPS) is 11.4. The molecule has 0 bridgehead atoms. The molecule has 4 aromatic rings. The molecule has 0 aliphatic rings. The van der Waals surface area contributed by atoms with Crippen LogP contribution in [0.25, 0.3) is 11.3 Å². The fourth-order valence-corrected chi connectivity index (χ4v) is 5.82. The Bertz CT molecular complexity index is 1550.